The van der Waals surface area contributed by atoms with Crippen LogP contribution in [0.5, 0.6) is 0 Å². The predicted molar refractivity (Wildman–Crippen MR) is 198 cm³/mol. The molecule has 51 heavy (non-hydrogen) atoms. The molecule has 5 heterocycles. The molecule has 2 aliphatic rings. The lowest BCUT2D eigenvalue weighted by Crippen LogP contribution is -2.06. The van der Waals surface area contributed by atoms with Gasteiger partial charge in [0.1, 0.15) is 6.61 Å². The molecular weight excluding hydrogens is 644 g/mol. The minimum Gasteiger partial charge on any atom is -0.469 e. The van der Waals surface area contributed by atoms with E-state index < -0.39 is 5.97 Å². The van der Waals surface area contributed by atoms with Gasteiger partial charge < -0.3 is 24.2 Å². The lowest BCUT2D eigenvalue weighted by atomic mass is 10.00. The maximum Gasteiger partial charge on any atom is 0.340 e. The Morgan fingerprint density at radius 2 is 1.20 bits per heavy atom. The van der Waals surface area contributed by atoms with Crippen molar-refractivity contribution in [2.45, 2.75) is 66.9 Å². The quantitative estimate of drug-likeness (QED) is 0.133. The predicted octanol–water partition coefficient (Wildman–Crippen LogP) is 8.23. The van der Waals surface area contributed by atoms with E-state index in [0.29, 0.717) is 23.9 Å². The van der Waals surface area contributed by atoms with Gasteiger partial charge in [-0.3, -0.25) is 9.59 Å². The molecule has 6 rings (SSSR count). The van der Waals surface area contributed by atoms with Crippen molar-refractivity contribution in [2.24, 2.45) is 0 Å². The number of carbonyl (C=O) groups excluding carboxylic acids is 3. The van der Waals surface area contributed by atoms with Crippen LogP contribution in [-0.2, 0) is 36.8 Å². The molecule has 3 aromatic heterocycles. The highest BCUT2D eigenvalue weighted by Crippen LogP contribution is 2.37. The number of allylic oxidation sites excluding steroid dienone is 4. The van der Waals surface area contributed by atoms with E-state index in [-0.39, 0.29) is 31.4 Å². The summed E-state index contributed by atoms with van der Waals surface area (Å²) >= 11 is 0. The molecule has 0 saturated heterocycles. The smallest absolute Gasteiger partial charge is 0.340 e. The Morgan fingerprint density at radius 3 is 1.88 bits per heavy atom. The molecule has 0 aliphatic carbocycles. The Bertz CT molecular complexity index is 2290. The summed E-state index contributed by atoms with van der Waals surface area (Å²) < 4.78 is 15.8. The zero-order valence-electron chi connectivity index (χ0n) is 30.1. The molecular formula is C41H42N4O6. The highest BCUT2D eigenvalue weighted by molar-refractivity contribution is 6.03. The highest BCUT2D eigenvalue weighted by Gasteiger charge is 2.23. The average Bonchev–Trinajstić information content (AvgIpc) is 3.78. The van der Waals surface area contributed by atoms with Gasteiger partial charge in [-0.25, -0.2) is 14.8 Å². The van der Waals surface area contributed by atoms with Gasteiger partial charge in [-0.1, -0.05) is 30.3 Å². The first-order chi connectivity index (χ1) is 24.5. The summed E-state index contributed by atoms with van der Waals surface area (Å²) in [5.74, 6) is -1.05. The van der Waals surface area contributed by atoms with Crippen LogP contribution in [0.1, 0.15) is 95.4 Å². The van der Waals surface area contributed by atoms with Crippen LogP contribution in [-0.4, -0.2) is 52.1 Å². The van der Waals surface area contributed by atoms with Gasteiger partial charge in [-0.05, 0) is 116 Å². The fourth-order valence-corrected chi connectivity index (χ4v) is 6.59. The number of ether oxygens (including phenoxy) is 3. The maximum absolute atomic E-state index is 13.8. The molecule has 10 nitrogen and oxygen atoms in total. The number of H-pyrrole nitrogens is 2. The first kappa shape index (κ1) is 35.1. The summed E-state index contributed by atoms with van der Waals surface area (Å²) in [4.78, 5) is 55.4. The Hall–Kier alpha value is -5.77. The van der Waals surface area contributed by atoms with Crippen LogP contribution in [0.25, 0.3) is 44.4 Å². The second-order valence-electron chi connectivity index (χ2n) is 12.9. The number of fused-ring (bicyclic) bond motifs is 8. The van der Waals surface area contributed by atoms with Gasteiger partial charge in [0.05, 0.1) is 48.1 Å². The molecule has 2 aliphatic heterocycles. The van der Waals surface area contributed by atoms with Gasteiger partial charge in [0.25, 0.3) is 0 Å². The van der Waals surface area contributed by atoms with Gasteiger partial charge in [-0.2, -0.15) is 0 Å². The number of hydrogen-bond donors (Lipinski definition) is 2. The van der Waals surface area contributed by atoms with Crippen LogP contribution in [0.3, 0.4) is 0 Å². The molecule has 2 N–H and O–H groups in total. The van der Waals surface area contributed by atoms with Crippen LogP contribution in [0.4, 0.5) is 0 Å². The first-order valence-electron chi connectivity index (χ1n) is 17.0. The fraction of sp³-hybridized carbons (Fsp3) is 0.293. The summed E-state index contributed by atoms with van der Waals surface area (Å²) in [6.45, 7) is 10.1. The van der Waals surface area contributed by atoms with E-state index in [2.05, 4.69) is 9.97 Å². The third-order valence-electron chi connectivity index (χ3n) is 9.88. The topological polar surface area (TPSA) is 136 Å². The van der Waals surface area contributed by atoms with Crippen molar-refractivity contribution >= 4 is 62.3 Å². The number of hydrogen-bond acceptors (Lipinski definition) is 8. The van der Waals surface area contributed by atoms with Crippen molar-refractivity contribution in [1.82, 2.24) is 19.9 Å². The monoisotopic (exact) mass is 686 g/mol. The van der Waals surface area contributed by atoms with Gasteiger partial charge in [-0.15, -0.1) is 0 Å². The largest absolute Gasteiger partial charge is 0.469 e. The Balaban J connectivity index is 1.63. The number of aromatic amines is 2. The summed E-state index contributed by atoms with van der Waals surface area (Å²) in [6, 6.07) is 17.4. The van der Waals surface area contributed by atoms with Crippen LogP contribution in [0, 0.1) is 13.8 Å². The number of nitrogens with zero attached hydrogens (tertiary/aromatic N) is 2. The number of aromatic nitrogens is 4. The molecule has 0 spiro atoms. The molecule has 8 bridgehead atoms. The van der Waals surface area contributed by atoms with Crippen molar-refractivity contribution in [2.75, 3.05) is 14.2 Å². The van der Waals surface area contributed by atoms with E-state index in [1.54, 1.807) is 0 Å². The van der Waals surface area contributed by atoms with Crippen LogP contribution in [0.15, 0.2) is 54.6 Å². The minimum atomic E-state index is -0.441. The van der Waals surface area contributed by atoms with Crippen LogP contribution >= 0.6 is 0 Å². The summed E-state index contributed by atoms with van der Waals surface area (Å²) in [6.07, 6.45) is 1.28. The lowest BCUT2D eigenvalue weighted by molar-refractivity contribution is -0.141. The first-order valence-corrected chi connectivity index (χ1v) is 17.0. The summed E-state index contributed by atoms with van der Waals surface area (Å²) in [7, 11) is 2.77. The third-order valence-corrected chi connectivity index (χ3v) is 9.88. The summed E-state index contributed by atoms with van der Waals surface area (Å²) in [5.41, 5.74) is 13.7. The van der Waals surface area contributed by atoms with Crippen LogP contribution < -0.4 is 0 Å². The third kappa shape index (κ3) is 7.12. The number of nitrogens with one attached hydrogen (secondary N) is 2. The maximum atomic E-state index is 13.8. The summed E-state index contributed by atoms with van der Waals surface area (Å²) in [5, 5.41) is 0. The number of rotatable bonds is 9. The van der Waals surface area contributed by atoms with Gasteiger partial charge >= 0.3 is 17.9 Å². The fourth-order valence-electron chi connectivity index (χ4n) is 6.59. The van der Waals surface area contributed by atoms with E-state index in [4.69, 9.17) is 24.2 Å². The number of benzene rings is 1. The van der Waals surface area contributed by atoms with Gasteiger partial charge in [0.2, 0.25) is 0 Å². The van der Waals surface area contributed by atoms with E-state index in [1.165, 1.54) is 14.2 Å². The van der Waals surface area contributed by atoms with Crippen LogP contribution in [0.2, 0.25) is 0 Å². The highest BCUT2D eigenvalue weighted by atomic mass is 16.5. The van der Waals surface area contributed by atoms with E-state index in [1.807, 2.05) is 89.2 Å². The number of methoxy groups -OCH3 is 2. The zero-order chi connectivity index (χ0) is 36.4. The average molecular weight is 687 g/mol. The number of carbonyl (C=O) groups is 3. The molecule has 1 aromatic carbocycles. The Labute approximate surface area is 296 Å². The molecule has 262 valence electrons. The number of aryl methyl sites for hydroxylation is 3. The minimum absolute atomic E-state index is 0.141. The second kappa shape index (κ2) is 14.6. The zero-order valence-corrected chi connectivity index (χ0v) is 30.1. The van der Waals surface area contributed by atoms with Crippen molar-refractivity contribution in [3.05, 3.63) is 105 Å². The Kier molecular flexibility index (Phi) is 10.0. The molecule has 4 aromatic rings. The molecule has 0 fully saturated rings. The van der Waals surface area contributed by atoms with E-state index in [9.17, 15) is 14.4 Å². The van der Waals surface area contributed by atoms with Gasteiger partial charge in [0.15, 0.2) is 0 Å². The van der Waals surface area contributed by atoms with E-state index in [0.717, 1.165) is 83.9 Å². The second-order valence-corrected chi connectivity index (χ2v) is 12.9. The molecule has 0 saturated carbocycles. The molecule has 0 atom stereocenters. The van der Waals surface area contributed by atoms with Crippen molar-refractivity contribution in [1.29, 1.82) is 0 Å². The van der Waals surface area contributed by atoms with Gasteiger partial charge in [0, 0.05) is 29.4 Å². The van der Waals surface area contributed by atoms with Crippen molar-refractivity contribution < 1.29 is 28.6 Å². The Morgan fingerprint density at radius 1 is 0.627 bits per heavy atom. The SMILES string of the molecule is COC(=O)CCC1=C(C)c2cc3nc(cc4[nH]c(cc5[nH]c(cc1n2)c(CCC(=O)OC)c5C)c(C)c4C(=O)OCc1ccccc1)C(C)=C3C. The van der Waals surface area contributed by atoms with E-state index >= 15 is 0 Å². The standard InChI is InChI=1S/C41H42N4O6/c1-22-23(2)31-19-37-40(41(48)51-21-27-11-9-8-10-12-27)26(5)34(45-37)18-33-25(4)29(14-16-39(47)50-7)36(44-33)20-35-28(13-15-38(46)49-6)24(3)32(43-35)17-30(22)42-31/h8-12,17-20,44-45H,13-16,21H2,1-7H3. The molecule has 0 amide bonds. The molecule has 10 heteroatoms. The molecule has 0 unspecified atom stereocenters. The number of esters is 3. The van der Waals surface area contributed by atoms with Crippen molar-refractivity contribution in [3.8, 4) is 0 Å². The lowest BCUT2D eigenvalue weighted by Gasteiger charge is -2.05. The normalized spacial score (nSPS) is 12.7. The molecule has 0 radical (unpaired) electrons. The van der Waals surface area contributed by atoms with Crippen molar-refractivity contribution in [3.63, 3.8) is 0 Å².